The molecule has 2 aliphatic rings. The predicted octanol–water partition coefficient (Wildman–Crippen LogP) is 5.41. The van der Waals surface area contributed by atoms with Crippen molar-refractivity contribution in [3.63, 3.8) is 0 Å². The zero-order valence-corrected chi connectivity index (χ0v) is 24.3. The molecule has 1 aromatic heterocycles. The van der Waals surface area contributed by atoms with Gasteiger partial charge in [0.1, 0.15) is 15.5 Å². The highest BCUT2D eigenvalue weighted by Crippen LogP contribution is 2.53. The van der Waals surface area contributed by atoms with E-state index in [1.165, 1.54) is 0 Å². The van der Waals surface area contributed by atoms with Gasteiger partial charge in [-0.2, -0.15) is 0 Å². The Bertz CT molecular complexity index is 901. The maximum atomic E-state index is 13.3. The molecule has 3 rings (SSSR count). The van der Waals surface area contributed by atoms with Gasteiger partial charge in [-0.25, -0.2) is 9.78 Å². The lowest BCUT2D eigenvalue weighted by molar-refractivity contribution is -0.000783. The quantitative estimate of drug-likeness (QED) is 0.419. The predicted molar refractivity (Wildman–Crippen MR) is 144 cm³/mol. The van der Waals surface area contributed by atoms with E-state index in [1.807, 2.05) is 58.6 Å². The van der Waals surface area contributed by atoms with Crippen LogP contribution in [0.3, 0.4) is 0 Å². The maximum Gasteiger partial charge on any atom is 0.410 e. The molecule has 198 valence electrons. The number of ether oxygens (including phenoxy) is 1. The topological polar surface area (TPSA) is 80.8 Å². The van der Waals surface area contributed by atoms with Crippen LogP contribution in [0.2, 0.25) is 5.15 Å². The summed E-state index contributed by atoms with van der Waals surface area (Å²) in [6.45, 7) is 20.3. The van der Waals surface area contributed by atoms with Crippen molar-refractivity contribution in [2.75, 3.05) is 24.5 Å². The number of carbonyl (C=O) groups is 1. The first-order valence-corrected chi connectivity index (χ1v) is 14.0. The fourth-order valence-corrected chi connectivity index (χ4v) is 6.74. The number of halogens is 1. The largest absolute Gasteiger partial charge is 0.598 e. The average Bonchev–Trinajstić information content (AvgIpc) is 3.00. The van der Waals surface area contributed by atoms with E-state index in [1.54, 1.807) is 6.20 Å². The number of anilines is 1. The van der Waals surface area contributed by atoms with E-state index in [9.17, 15) is 9.35 Å². The van der Waals surface area contributed by atoms with Gasteiger partial charge in [-0.15, -0.1) is 4.72 Å². The monoisotopic (exact) mass is 526 g/mol. The van der Waals surface area contributed by atoms with Gasteiger partial charge in [0.05, 0.1) is 6.04 Å². The van der Waals surface area contributed by atoms with Crippen molar-refractivity contribution in [3.05, 3.63) is 23.5 Å². The number of pyridine rings is 1. The van der Waals surface area contributed by atoms with E-state index in [4.69, 9.17) is 16.3 Å². The lowest BCUT2D eigenvalue weighted by atomic mass is 9.63. The van der Waals surface area contributed by atoms with Gasteiger partial charge < -0.3 is 19.1 Å². The first-order chi connectivity index (χ1) is 15.9. The zero-order chi connectivity index (χ0) is 26.4. The smallest absolute Gasteiger partial charge is 0.410 e. The Morgan fingerprint density at radius 1 is 1.17 bits per heavy atom. The number of hydrogen-bond donors (Lipinski definition) is 1. The van der Waals surface area contributed by atoms with Gasteiger partial charge in [-0.05, 0) is 71.9 Å². The summed E-state index contributed by atoms with van der Waals surface area (Å²) in [4.78, 5) is 21.2. The number of rotatable bonds is 3. The second kappa shape index (κ2) is 9.92. The third kappa shape index (κ3) is 6.38. The molecule has 9 heteroatoms. The van der Waals surface area contributed by atoms with Crippen molar-refractivity contribution in [2.45, 2.75) is 97.6 Å². The molecule has 2 saturated heterocycles. The SMILES string of the molecule is CC(C)(C)OC(=O)N1CCC2(CC1)C(N[S@+]([O-])C(C)(C)C)CN(c1ccnc(Cl)c1)[C@H]2C(C)(C)C. The molecular formula is C26H43ClN4O3S. The Labute approximate surface area is 219 Å². The van der Waals surface area contributed by atoms with Gasteiger partial charge in [-0.3, -0.25) is 0 Å². The lowest BCUT2D eigenvalue weighted by Gasteiger charge is -2.51. The van der Waals surface area contributed by atoms with Crippen molar-refractivity contribution < 1.29 is 14.1 Å². The van der Waals surface area contributed by atoms with Crippen LogP contribution >= 0.6 is 11.6 Å². The average molecular weight is 527 g/mol. The van der Waals surface area contributed by atoms with E-state index < -0.39 is 17.0 Å². The zero-order valence-electron chi connectivity index (χ0n) is 22.8. The van der Waals surface area contributed by atoms with Crippen LogP contribution in [-0.2, 0) is 16.1 Å². The van der Waals surface area contributed by atoms with Gasteiger partial charge in [0, 0.05) is 54.3 Å². The molecule has 1 unspecified atom stereocenters. The van der Waals surface area contributed by atoms with Gasteiger partial charge in [0.2, 0.25) is 0 Å². The molecule has 35 heavy (non-hydrogen) atoms. The fraction of sp³-hybridized carbons (Fsp3) is 0.769. The van der Waals surface area contributed by atoms with Crippen LogP contribution in [0.1, 0.15) is 75.2 Å². The van der Waals surface area contributed by atoms with E-state index in [0.29, 0.717) is 24.8 Å². The van der Waals surface area contributed by atoms with Gasteiger partial charge in [0.15, 0.2) is 0 Å². The van der Waals surface area contributed by atoms with Crippen LogP contribution in [0.15, 0.2) is 18.3 Å². The summed E-state index contributed by atoms with van der Waals surface area (Å²) < 4.78 is 22.1. The highest BCUT2D eigenvalue weighted by atomic mass is 35.5. The lowest BCUT2D eigenvalue weighted by Crippen LogP contribution is -2.60. The van der Waals surface area contributed by atoms with Gasteiger partial charge >= 0.3 is 6.09 Å². The number of carbonyl (C=O) groups excluding carboxylic acids is 1. The number of nitrogens with one attached hydrogen (secondary N) is 1. The summed E-state index contributed by atoms with van der Waals surface area (Å²) in [6.07, 6.45) is 3.06. The Kier molecular flexibility index (Phi) is 8.03. The third-order valence-electron chi connectivity index (χ3n) is 6.94. The molecule has 0 radical (unpaired) electrons. The first-order valence-electron chi connectivity index (χ1n) is 12.5. The number of likely N-dealkylation sites (tertiary alicyclic amines) is 1. The standard InChI is InChI=1S/C26H43ClN4O3S/c1-23(2,3)21-26(11-14-30(15-12-26)22(32)34-24(4,5)6)19(29-35(33)25(7,8)9)17-31(21)18-10-13-28-20(27)16-18/h10,13,16,19,21,29H,11-12,14-15,17H2,1-9H3/t19?,21-,35+/m0/s1. The Balaban J connectivity index is 1.99. The minimum atomic E-state index is -1.22. The first kappa shape index (κ1) is 28.4. The molecule has 2 fully saturated rings. The highest BCUT2D eigenvalue weighted by Gasteiger charge is 2.60. The Morgan fingerprint density at radius 2 is 1.77 bits per heavy atom. The summed E-state index contributed by atoms with van der Waals surface area (Å²) in [5, 5.41) is 0.457. The van der Waals surface area contributed by atoms with E-state index in [2.05, 4.69) is 35.4 Å². The van der Waals surface area contributed by atoms with Crippen LogP contribution in [0, 0.1) is 10.8 Å². The molecular weight excluding hydrogens is 484 g/mol. The number of hydrogen-bond acceptors (Lipinski definition) is 6. The molecule has 0 saturated carbocycles. The number of aromatic nitrogens is 1. The number of piperidine rings is 1. The molecule has 1 aromatic rings. The third-order valence-corrected chi connectivity index (χ3v) is 8.76. The molecule has 1 amide bonds. The summed E-state index contributed by atoms with van der Waals surface area (Å²) in [7, 11) is 0. The fourth-order valence-electron chi connectivity index (χ4n) is 5.65. The van der Waals surface area contributed by atoms with Crippen molar-refractivity contribution in [1.29, 1.82) is 0 Å². The van der Waals surface area contributed by atoms with Crippen LogP contribution in [-0.4, -0.2) is 62.6 Å². The van der Waals surface area contributed by atoms with Crippen molar-refractivity contribution in [3.8, 4) is 0 Å². The van der Waals surface area contributed by atoms with Crippen LogP contribution < -0.4 is 9.62 Å². The molecule has 3 heterocycles. The summed E-state index contributed by atoms with van der Waals surface area (Å²) in [6, 6.07) is 4.03. The van der Waals surface area contributed by atoms with Gasteiger partial charge in [0.25, 0.3) is 0 Å². The van der Waals surface area contributed by atoms with Crippen LogP contribution in [0.25, 0.3) is 0 Å². The van der Waals surface area contributed by atoms with Crippen molar-refractivity contribution >= 4 is 34.7 Å². The minimum Gasteiger partial charge on any atom is -0.598 e. The normalized spacial score (nSPS) is 24.1. The molecule has 3 atom stereocenters. The summed E-state index contributed by atoms with van der Waals surface area (Å²) >= 11 is 5.07. The molecule has 0 aliphatic carbocycles. The molecule has 0 aromatic carbocycles. The second-order valence-electron chi connectivity index (χ2n) is 13.0. The minimum absolute atomic E-state index is 0.0143. The molecule has 0 bridgehead atoms. The molecule has 1 spiro atoms. The van der Waals surface area contributed by atoms with Crippen molar-refractivity contribution in [1.82, 2.24) is 14.6 Å². The number of nitrogens with zero attached hydrogens (tertiary/aromatic N) is 3. The van der Waals surface area contributed by atoms with Crippen LogP contribution in [0.5, 0.6) is 0 Å². The van der Waals surface area contributed by atoms with E-state index in [-0.39, 0.29) is 33.8 Å². The summed E-state index contributed by atoms with van der Waals surface area (Å²) in [5.41, 5.74) is 0.222. The Hall–Kier alpha value is -1.22. The van der Waals surface area contributed by atoms with E-state index >= 15 is 0 Å². The molecule has 7 nitrogen and oxygen atoms in total. The highest BCUT2D eigenvalue weighted by molar-refractivity contribution is 7.90. The molecule has 2 aliphatic heterocycles. The number of amides is 1. The van der Waals surface area contributed by atoms with Crippen molar-refractivity contribution in [2.24, 2.45) is 10.8 Å². The maximum absolute atomic E-state index is 13.3. The van der Waals surface area contributed by atoms with Crippen LogP contribution in [0.4, 0.5) is 10.5 Å². The van der Waals surface area contributed by atoms with E-state index in [0.717, 1.165) is 18.5 Å². The van der Waals surface area contributed by atoms with Gasteiger partial charge in [-0.1, -0.05) is 32.4 Å². The second-order valence-corrected chi connectivity index (χ2v) is 15.4. The summed E-state index contributed by atoms with van der Waals surface area (Å²) in [5.74, 6) is 0. The Morgan fingerprint density at radius 3 is 2.26 bits per heavy atom. The molecule has 1 N–H and O–H groups in total.